The summed E-state index contributed by atoms with van der Waals surface area (Å²) in [4.78, 5) is 14.4. The molecular formula is C18H25N3O4S. The van der Waals surface area contributed by atoms with Crippen LogP contribution in [0.2, 0.25) is 0 Å². The van der Waals surface area contributed by atoms with E-state index in [2.05, 4.69) is 21.8 Å². The number of H-pyrrole nitrogens is 1. The maximum Gasteiger partial charge on any atom is 0.241 e. The summed E-state index contributed by atoms with van der Waals surface area (Å²) >= 11 is 0. The van der Waals surface area contributed by atoms with Crippen LogP contribution in [0, 0.1) is 18.8 Å². The van der Waals surface area contributed by atoms with Crippen molar-refractivity contribution in [1.29, 1.82) is 0 Å². The number of carbonyl (C=O) groups excluding carboxylic acids is 1. The molecule has 2 N–H and O–H groups in total. The van der Waals surface area contributed by atoms with Gasteiger partial charge in [0.15, 0.2) is 0 Å². The van der Waals surface area contributed by atoms with Crippen LogP contribution < -0.4 is 9.88 Å². The lowest BCUT2D eigenvalue weighted by Gasteiger charge is -2.12. The Morgan fingerprint density at radius 3 is 2.42 bits per heavy atom. The molecule has 2 heterocycles. The van der Waals surface area contributed by atoms with Crippen LogP contribution in [0.5, 0.6) is 0 Å². The lowest BCUT2D eigenvalue weighted by molar-refractivity contribution is -0.677. The molecule has 1 aromatic heterocycles. The van der Waals surface area contributed by atoms with Crippen LogP contribution in [-0.4, -0.2) is 30.4 Å². The van der Waals surface area contributed by atoms with Gasteiger partial charge in [-0.25, -0.2) is 18.0 Å². The van der Waals surface area contributed by atoms with E-state index in [1.54, 1.807) is 12.1 Å². The van der Waals surface area contributed by atoms with Gasteiger partial charge in [0.2, 0.25) is 12.2 Å². The molecule has 7 nitrogen and oxygen atoms in total. The Balaban J connectivity index is 0.000000197. The summed E-state index contributed by atoms with van der Waals surface area (Å²) in [6.45, 7) is 4.73. The smallest absolute Gasteiger partial charge is 0.241 e. The minimum atomic E-state index is -4.27. The number of imidazole rings is 1. The second-order valence-corrected chi connectivity index (χ2v) is 7.91. The number of rotatable bonds is 4. The molecule has 1 aliphatic rings. The number of aromatic amines is 1. The fourth-order valence-electron chi connectivity index (χ4n) is 3.06. The molecule has 1 aromatic carbocycles. The van der Waals surface area contributed by atoms with Gasteiger partial charge in [-0.05, 0) is 31.4 Å². The number of nitrogens with zero attached hydrogens (tertiary/aromatic N) is 1. The molecule has 1 aliphatic heterocycles. The highest BCUT2D eigenvalue weighted by Gasteiger charge is 2.34. The number of hydrogen-bond acceptors (Lipinski definition) is 4. The SMILES string of the molecule is CC[C@H]1C(=O)NC[C@@H]1Cc1c[nH]c[n+]1C.Cc1ccc(S(=O)(=O)[O-])cc1. The van der Waals surface area contributed by atoms with Gasteiger partial charge in [-0.3, -0.25) is 4.79 Å². The number of carbonyl (C=O) groups is 1. The molecule has 0 unspecified atom stereocenters. The average Bonchev–Trinajstić information content (AvgIpc) is 3.14. The second kappa shape index (κ2) is 8.46. The highest BCUT2D eigenvalue weighted by Crippen LogP contribution is 2.23. The van der Waals surface area contributed by atoms with Crippen molar-refractivity contribution in [3.8, 4) is 0 Å². The summed E-state index contributed by atoms with van der Waals surface area (Å²) in [6.07, 6.45) is 5.85. The van der Waals surface area contributed by atoms with Crippen molar-refractivity contribution in [2.75, 3.05) is 6.54 Å². The Labute approximate surface area is 154 Å². The quantitative estimate of drug-likeness (QED) is 0.612. The molecule has 0 saturated carbocycles. The van der Waals surface area contributed by atoms with Crippen molar-refractivity contribution in [2.45, 2.75) is 31.6 Å². The highest BCUT2D eigenvalue weighted by molar-refractivity contribution is 7.85. The minimum Gasteiger partial charge on any atom is -0.744 e. The van der Waals surface area contributed by atoms with Gasteiger partial charge in [-0.15, -0.1) is 0 Å². The zero-order valence-corrected chi connectivity index (χ0v) is 16.0. The second-order valence-electron chi connectivity index (χ2n) is 6.53. The number of benzene rings is 1. The standard InChI is InChI=1S/C11H17N3O.C7H8O3S/c1-3-10-8(5-13-11(10)15)4-9-6-12-7-14(9)2;1-6-2-4-7(5-3-6)11(8,9)10/h6-8,10H,3-5H2,1-2H3,(H,13,15);2-5H,1H3,(H,8,9,10)/t8-,10+;/m0./s1. The van der Waals surface area contributed by atoms with Crippen molar-refractivity contribution in [3.63, 3.8) is 0 Å². The molecule has 0 bridgehead atoms. The highest BCUT2D eigenvalue weighted by atomic mass is 32.2. The summed E-state index contributed by atoms with van der Waals surface area (Å²) in [5.41, 5.74) is 2.19. The van der Waals surface area contributed by atoms with Gasteiger partial charge in [-0.1, -0.05) is 24.6 Å². The lowest BCUT2D eigenvalue weighted by Crippen LogP contribution is -2.32. The number of aromatic nitrogens is 2. The third-order valence-electron chi connectivity index (χ3n) is 4.64. The maximum absolute atomic E-state index is 11.5. The fraction of sp³-hybridized carbons (Fsp3) is 0.444. The van der Waals surface area contributed by atoms with E-state index in [1.165, 1.54) is 17.8 Å². The molecule has 142 valence electrons. The first-order valence-corrected chi connectivity index (χ1v) is 9.94. The lowest BCUT2D eigenvalue weighted by atomic mass is 9.89. The Morgan fingerprint density at radius 1 is 1.27 bits per heavy atom. The number of aryl methyl sites for hydroxylation is 2. The largest absolute Gasteiger partial charge is 0.744 e. The summed E-state index contributed by atoms with van der Waals surface area (Å²) in [6, 6.07) is 5.78. The number of amides is 1. The fourth-order valence-corrected chi connectivity index (χ4v) is 3.53. The third kappa shape index (κ3) is 5.15. The molecule has 3 rings (SSSR count). The van der Waals surface area contributed by atoms with Crippen LogP contribution in [0.15, 0.2) is 41.7 Å². The van der Waals surface area contributed by atoms with Gasteiger partial charge >= 0.3 is 0 Å². The molecule has 1 amide bonds. The molecule has 0 radical (unpaired) electrons. The van der Waals surface area contributed by atoms with Crippen molar-refractivity contribution in [3.05, 3.63) is 48.0 Å². The molecule has 1 saturated heterocycles. The number of hydrogen-bond donors (Lipinski definition) is 2. The Kier molecular flexibility index (Phi) is 6.55. The van der Waals surface area contributed by atoms with E-state index < -0.39 is 10.1 Å². The topological polar surface area (TPSA) is 106 Å². The third-order valence-corrected chi connectivity index (χ3v) is 5.49. The van der Waals surface area contributed by atoms with Crippen LogP contribution >= 0.6 is 0 Å². The van der Waals surface area contributed by atoms with Gasteiger partial charge in [0, 0.05) is 18.9 Å². The van der Waals surface area contributed by atoms with E-state index in [4.69, 9.17) is 0 Å². The summed E-state index contributed by atoms with van der Waals surface area (Å²) in [5.74, 6) is 0.866. The van der Waals surface area contributed by atoms with Crippen molar-refractivity contribution in [1.82, 2.24) is 10.3 Å². The first-order chi connectivity index (χ1) is 12.2. The summed E-state index contributed by atoms with van der Waals surface area (Å²) < 4.78 is 33.2. The Morgan fingerprint density at radius 2 is 1.92 bits per heavy atom. The molecular weight excluding hydrogens is 354 g/mol. The Bertz CT molecular complexity index is 844. The zero-order valence-electron chi connectivity index (χ0n) is 15.2. The predicted octanol–water partition coefficient (Wildman–Crippen LogP) is 1.05. The van der Waals surface area contributed by atoms with E-state index >= 15 is 0 Å². The van der Waals surface area contributed by atoms with Crippen molar-refractivity contribution >= 4 is 16.0 Å². The first kappa shape index (κ1) is 20.1. The van der Waals surface area contributed by atoms with E-state index in [1.807, 2.05) is 26.5 Å². The molecule has 0 spiro atoms. The van der Waals surface area contributed by atoms with E-state index in [0.29, 0.717) is 5.92 Å². The Hall–Kier alpha value is -2.19. The van der Waals surface area contributed by atoms with Crippen LogP contribution in [-0.2, 0) is 28.4 Å². The van der Waals surface area contributed by atoms with Crippen LogP contribution in [0.4, 0.5) is 0 Å². The average molecular weight is 379 g/mol. The summed E-state index contributed by atoms with van der Waals surface area (Å²) in [7, 11) is -2.24. The van der Waals surface area contributed by atoms with Crippen molar-refractivity contribution < 1.29 is 22.3 Å². The van der Waals surface area contributed by atoms with Crippen LogP contribution in [0.1, 0.15) is 24.6 Å². The zero-order chi connectivity index (χ0) is 19.3. The molecule has 2 aromatic rings. The van der Waals surface area contributed by atoms with Gasteiger partial charge in [-0.2, -0.15) is 0 Å². The van der Waals surface area contributed by atoms with Gasteiger partial charge in [0.1, 0.15) is 22.0 Å². The molecule has 8 heteroatoms. The number of nitrogens with one attached hydrogen (secondary N) is 2. The molecule has 1 fully saturated rings. The molecule has 0 aliphatic carbocycles. The minimum absolute atomic E-state index is 0.178. The predicted molar refractivity (Wildman–Crippen MR) is 95.1 cm³/mol. The van der Waals surface area contributed by atoms with Gasteiger partial charge in [0.25, 0.3) is 0 Å². The van der Waals surface area contributed by atoms with Gasteiger partial charge < -0.3 is 9.87 Å². The molecule has 2 atom stereocenters. The molecule has 26 heavy (non-hydrogen) atoms. The van der Waals surface area contributed by atoms with E-state index in [-0.39, 0.29) is 16.7 Å². The van der Waals surface area contributed by atoms with Gasteiger partial charge in [0.05, 0.1) is 11.9 Å². The van der Waals surface area contributed by atoms with Crippen molar-refractivity contribution in [2.24, 2.45) is 18.9 Å². The monoisotopic (exact) mass is 379 g/mol. The van der Waals surface area contributed by atoms with Crippen LogP contribution in [0.25, 0.3) is 0 Å². The van der Waals surface area contributed by atoms with E-state index in [9.17, 15) is 17.8 Å². The van der Waals surface area contributed by atoms with E-state index in [0.717, 1.165) is 24.9 Å². The first-order valence-electron chi connectivity index (χ1n) is 8.54. The van der Waals surface area contributed by atoms with Crippen LogP contribution in [0.3, 0.4) is 0 Å². The maximum atomic E-state index is 11.5. The normalized spacial score (nSPS) is 19.6. The summed E-state index contributed by atoms with van der Waals surface area (Å²) in [5, 5.41) is 2.94.